The van der Waals surface area contributed by atoms with Crippen molar-refractivity contribution in [1.82, 2.24) is 5.32 Å². The Morgan fingerprint density at radius 1 is 1.33 bits per heavy atom. The quantitative estimate of drug-likeness (QED) is 0.850. The molecule has 0 heterocycles. The van der Waals surface area contributed by atoms with Crippen LogP contribution in [0.15, 0.2) is 24.3 Å². The van der Waals surface area contributed by atoms with Gasteiger partial charge < -0.3 is 5.32 Å². The van der Waals surface area contributed by atoms with Gasteiger partial charge in [-0.15, -0.1) is 0 Å². The van der Waals surface area contributed by atoms with Gasteiger partial charge in [-0.05, 0) is 68.2 Å². The van der Waals surface area contributed by atoms with Crippen LogP contribution in [0.5, 0.6) is 0 Å². The number of fused-ring (bicyclic) bond motifs is 2. The Bertz CT molecular complexity index is 417. The minimum absolute atomic E-state index is 0.138. The first-order chi connectivity index (χ1) is 8.72. The zero-order valence-corrected chi connectivity index (χ0v) is 11.0. The van der Waals surface area contributed by atoms with Crippen LogP contribution in [0.4, 0.5) is 4.39 Å². The van der Waals surface area contributed by atoms with Gasteiger partial charge in [-0.25, -0.2) is 4.39 Å². The molecule has 3 rings (SSSR count). The van der Waals surface area contributed by atoms with Crippen molar-refractivity contribution in [3.05, 3.63) is 35.6 Å². The lowest BCUT2D eigenvalue weighted by atomic mass is 9.88. The average molecular weight is 247 g/mol. The van der Waals surface area contributed by atoms with Crippen LogP contribution in [0.3, 0.4) is 0 Å². The highest BCUT2D eigenvalue weighted by Crippen LogP contribution is 2.48. The molecule has 2 fully saturated rings. The van der Waals surface area contributed by atoms with Crippen LogP contribution < -0.4 is 5.32 Å². The predicted molar refractivity (Wildman–Crippen MR) is 71.8 cm³/mol. The Kier molecular flexibility index (Phi) is 3.38. The van der Waals surface area contributed by atoms with E-state index < -0.39 is 0 Å². The predicted octanol–water partition coefficient (Wildman–Crippen LogP) is 3.91. The Morgan fingerprint density at radius 2 is 2.22 bits per heavy atom. The lowest BCUT2D eigenvalue weighted by Gasteiger charge is -2.24. The molecule has 4 atom stereocenters. The molecule has 2 saturated carbocycles. The van der Waals surface area contributed by atoms with Crippen molar-refractivity contribution in [3.63, 3.8) is 0 Å². The molecule has 1 N–H and O–H groups in total. The van der Waals surface area contributed by atoms with Gasteiger partial charge >= 0.3 is 0 Å². The third kappa shape index (κ3) is 2.44. The second-order valence-corrected chi connectivity index (χ2v) is 6.12. The highest BCUT2D eigenvalue weighted by molar-refractivity contribution is 5.19. The standard InChI is InChI=1S/C16H22FN/c1-11(13-3-2-4-16(17)9-13)18-10-15-8-12-5-6-14(15)7-12/h2-4,9,11-12,14-15,18H,5-8,10H2,1H3/t11-,12?,14?,15?/m0/s1. The summed E-state index contributed by atoms with van der Waals surface area (Å²) in [5, 5.41) is 3.59. The molecule has 1 aromatic carbocycles. The molecule has 2 bridgehead atoms. The molecule has 1 aromatic rings. The molecule has 2 aliphatic carbocycles. The maximum Gasteiger partial charge on any atom is 0.123 e. The van der Waals surface area contributed by atoms with Gasteiger partial charge in [-0.3, -0.25) is 0 Å². The molecule has 3 unspecified atom stereocenters. The monoisotopic (exact) mass is 247 g/mol. The minimum atomic E-state index is -0.138. The number of benzene rings is 1. The molecule has 0 amide bonds. The highest BCUT2D eigenvalue weighted by atomic mass is 19.1. The Balaban J connectivity index is 1.54. The van der Waals surface area contributed by atoms with Crippen molar-refractivity contribution in [2.75, 3.05) is 6.54 Å². The van der Waals surface area contributed by atoms with Gasteiger partial charge in [0.05, 0.1) is 0 Å². The summed E-state index contributed by atoms with van der Waals surface area (Å²) in [4.78, 5) is 0. The van der Waals surface area contributed by atoms with E-state index in [2.05, 4.69) is 12.2 Å². The number of hydrogen-bond acceptors (Lipinski definition) is 1. The molecule has 0 radical (unpaired) electrons. The van der Waals surface area contributed by atoms with Crippen molar-refractivity contribution in [1.29, 1.82) is 0 Å². The topological polar surface area (TPSA) is 12.0 Å². The Morgan fingerprint density at radius 3 is 2.89 bits per heavy atom. The molecule has 2 aliphatic rings. The molecule has 2 heteroatoms. The molecule has 1 nitrogen and oxygen atoms in total. The van der Waals surface area contributed by atoms with Crippen molar-refractivity contribution < 1.29 is 4.39 Å². The average Bonchev–Trinajstić information content (AvgIpc) is 2.98. The van der Waals surface area contributed by atoms with E-state index in [1.165, 1.54) is 31.7 Å². The maximum absolute atomic E-state index is 13.2. The minimum Gasteiger partial charge on any atom is -0.310 e. The number of halogens is 1. The lowest BCUT2D eigenvalue weighted by molar-refractivity contribution is 0.309. The smallest absolute Gasteiger partial charge is 0.123 e. The van der Waals surface area contributed by atoms with Crippen LogP contribution in [0, 0.1) is 23.6 Å². The van der Waals surface area contributed by atoms with E-state index in [1.807, 2.05) is 6.07 Å². The first-order valence-electron chi connectivity index (χ1n) is 7.21. The highest BCUT2D eigenvalue weighted by Gasteiger charge is 2.39. The van der Waals surface area contributed by atoms with Crippen molar-refractivity contribution in [2.24, 2.45) is 17.8 Å². The van der Waals surface area contributed by atoms with E-state index >= 15 is 0 Å². The number of hydrogen-bond donors (Lipinski definition) is 1. The van der Waals surface area contributed by atoms with Crippen LogP contribution in [0.25, 0.3) is 0 Å². The van der Waals surface area contributed by atoms with Crippen LogP contribution in [-0.2, 0) is 0 Å². The van der Waals surface area contributed by atoms with Gasteiger partial charge in [0.2, 0.25) is 0 Å². The van der Waals surface area contributed by atoms with Gasteiger partial charge in [0.25, 0.3) is 0 Å². The summed E-state index contributed by atoms with van der Waals surface area (Å²) < 4.78 is 13.2. The molecule has 98 valence electrons. The number of nitrogens with one attached hydrogen (secondary N) is 1. The zero-order chi connectivity index (χ0) is 12.5. The van der Waals surface area contributed by atoms with Gasteiger partial charge in [0.1, 0.15) is 5.82 Å². The van der Waals surface area contributed by atoms with Gasteiger partial charge in [0, 0.05) is 6.04 Å². The van der Waals surface area contributed by atoms with E-state index in [4.69, 9.17) is 0 Å². The zero-order valence-electron chi connectivity index (χ0n) is 11.0. The van der Waals surface area contributed by atoms with Gasteiger partial charge in [-0.1, -0.05) is 18.6 Å². The second kappa shape index (κ2) is 5.00. The largest absolute Gasteiger partial charge is 0.310 e. The van der Waals surface area contributed by atoms with E-state index in [0.29, 0.717) is 0 Å². The molecular weight excluding hydrogens is 225 g/mol. The maximum atomic E-state index is 13.2. The summed E-state index contributed by atoms with van der Waals surface area (Å²) in [6.07, 6.45) is 5.76. The molecule has 0 aliphatic heterocycles. The molecular formula is C16H22FN. The summed E-state index contributed by atoms with van der Waals surface area (Å²) >= 11 is 0. The Hall–Kier alpha value is -0.890. The van der Waals surface area contributed by atoms with Crippen LogP contribution in [-0.4, -0.2) is 6.54 Å². The first kappa shape index (κ1) is 12.2. The summed E-state index contributed by atoms with van der Waals surface area (Å²) in [6.45, 7) is 3.22. The summed E-state index contributed by atoms with van der Waals surface area (Å²) in [5.41, 5.74) is 1.05. The Labute approximate surface area is 109 Å². The molecule has 0 aromatic heterocycles. The second-order valence-electron chi connectivity index (χ2n) is 6.12. The van der Waals surface area contributed by atoms with Crippen LogP contribution >= 0.6 is 0 Å². The van der Waals surface area contributed by atoms with Gasteiger partial charge in [0.15, 0.2) is 0 Å². The third-order valence-corrected chi connectivity index (χ3v) is 4.92. The fourth-order valence-corrected chi connectivity index (χ4v) is 3.85. The van der Waals surface area contributed by atoms with Gasteiger partial charge in [-0.2, -0.15) is 0 Å². The van der Waals surface area contributed by atoms with Crippen LogP contribution in [0.1, 0.15) is 44.2 Å². The van der Waals surface area contributed by atoms with Crippen molar-refractivity contribution in [3.8, 4) is 0 Å². The van der Waals surface area contributed by atoms with E-state index in [-0.39, 0.29) is 11.9 Å². The van der Waals surface area contributed by atoms with E-state index in [0.717, 1.165) is 29.9 Å². The summed E-state index contributed by atoms with van der Waals surface area (Å²) in [5.74, 6) is 2.69. The van der Waals surface area contributed by atoms with Crippen LogP contribution in [0.2, 0.25) is 0 Å². The van der Waals surface area contributed by atoms with E-state index in [9.17, 15) is 4.39 Å². The number of rotatable bonds is 4. The van der Waals surface area contributed by atoms with Crippen molar-refractivity contribution >= 4 is 0 Å². The normalized spacial score (nSPS) is 31.8. The molecule has 0 spiro atoms. The SMILES string of the molecule is C[C@H](NCC1CC2CCC1C2)c1cccc(F)c1. The molecule has 18 heavy (non-hydrogen) atoms. The first-order valence-corrected chi connectivity index (χ1v) is 7.21. The fourth-order valence-electron chi connectivity index (χ4n) is 3.85. The van der Waals surface area contributed by atoms with E-state index in [1.54, 1.807) is 12.1 Å². The summed E-state index contributed by atoms with van der Waals surface area (Å²) in [7, 11) is 0. The lowest BCUT2D eigenvalue weighted by Crippen LogP contribution is -2.28. The fraction of sp³-hybridized carbons (Fsp3) is 0.625. The molecule has 0 saturated heterocycles. The summed E-state index contributed by atoms with van der Waals surface area (Å²) in [6, 6.07) is 7.19. The van der Waals surface area contributed by atoms with Crippen molar-refractivity contribution in [2.45, 2.75) is 38.6 Å². The third-order valence-electron chi connectivity index (χ3n) is 4.92.